The Balaban J connectivity index is 1.92. The van der Waals surface area contributed by atoms with E-state index in [9.17, 15) is 0 Å². The molecule has 0 amide bonds. The quantitative estimate of drug-likeness (QED) is 0.752. The van der Waals surface area contributed by atoms with Gasteiger partial charge in [0.1, 0.15) is 16.5 Å². The van der Waals surface area contributed by atoms with Gasteiger partial charge in [0.05, 0.1) is 17.3 Å². The van der Waals surface area contributed by atoms with Crippen molar-refractivity contribution < 1.29 is 0 Å². The number of rotatable bonds is 2. The predicted octanol–water partition coefficient (Wildman–Crippen LogP) is 2.96. The molecule has 3 aromatic heterocycles. The third-order valence-electron chi connectivity index (χ3n) is 3.44. The van der Waals surface area contributed by atoms with Crippen LogP contribution in [0.15, 0.2) is 12.4 Å². The third-order valence-corrected chi connectivity index (χ3v) is 4.62. The van der Waals surface area contributed by atoms with Crippen molar-refractivity contribution in [3.8, 4) is 0 Å². The zero-order chi connectivity index (χ0) is 12.8. The van der Waals surface area contributed by atoms with E-state index < -0.39 is 0 Å². The third kappa shape index (κ3) is 1.71. The highest BCUT2D eigenvalue weighted by Gasteiger charge is 2.21. The van der Waals surface area contributed by atoms with Crippen LogP contribution in [0, 0.1) is 6.92 Å². The van der Waals surface area contributed by atoms with Gasteiger partial charge < -0.3 is 5.32 Å². The number of aromatic nitrogens is 4. The molecule has 4 rings (SSSR count). The molecular weight excluding hydrogens is 258 g/mol. The highest BCUT2D eigenvalue weighted by Crippen LogP contribution is 2.39. The molecule has 96 valence electrons. The Morgan fingerprint density at radius 3 is 3.11 bits per heavy atom. The molecule has 3 aromatic rings. The Bertz CT molecular complexity index is 744. The Hall–Kier alpha value is -1.95. The molecule has 1 aliphatic rings. The van der Waals surface area contributed by atoms with E-state index in [2.05, 4.69) is 25.5 Å². The lowest BCUT2D eigenvalue weighted by Gasteiger charge is -2.06. The van der Waals surface area contributed by atoms with Crippen LogP contribution >= 0.6 is 11.3 Å². The maximum Gasteiger partial charge on any atom is 0.143 e. The van der Waals surface area contributed by atoms with E-state index >= 15 is 0 Å². The van der Waals surface area contributed by atoms with Gasteiger partial charge in [0.15, 0.2) is 0 Å². The number of nitrogens with zero attached hydrogens (tertiary/aromatic N) is 3. The van der Waals surface area contributed by atoms with Crippen molar-refractivity contribution in [2.24, 2.45) is 0 Å². The summed E-state index contributed by atoms with van der Waals surface area (Å²) in [6.07, 6.45) is 7.16. The lowest BCUT2D eigenvalue weighted by Crippen LogP contribution is -1.98. The molecule has 1 aliphatic carbocycles. The molecule has 0 saturated heterocycles. The molecule has 0 aromatic carbocycles. The summed E-state index contributed by atoms with van der Waals surface area (Å²) in [5, 5.41) is 11.3. The minimum absolute atomic E-state index is 0.804. The maximum absolute atomic E-state index is 4.57. The summed E-state index contributed by atoms with van der Waals surface area (Å²) < 4.78 is 0. The summed E-state index contributed by atoms with van der Waals surface area (Å²) >= 11 is 1.81. The van der Waals surface area contributed by atoms with Crippen molar-refractivity contribution in [1.82, 2.24) is 20.2 Å². The van der Waals surface area contributed by atoms with Gasteiger partial charge in [0.25, 0.3) is 0 Å². The SMILES string of the molecule is Cc1nc(Nc2cn[nH]c2)c2c3c(sc2n1)CCC3. The Labute approximate surface area is 114 Å². The molecule has 0 fully saturated rings. The van der Waals surface area contributed by atoms with Gasteiger partial charge in [0, 0.05) is 11.1 Å². The molecular formula is C13H13N5S. The first-order valence-electron chi connectivity index (χ1n) is 6.36. The second-order valence-corrected chi connectivity index (χ2v) is 5.85. The number of H-pyrrole nitrogens is 1. The minimum atomic E-state index is 0.804. The minimum Gasteiger partial charge on any atom is -0.337 e. The summed E-state index contributed by atoms with van der Waals surface area (Å²) in [4.78, 5) is 11.7. The molecule has 0 saturated carbocycles. The van der Waals surface area contributed by atoms with Crippen molar-refractivity contribution in [2.75, 3.05) is 5.32 Å². The van der Waals surface area contributed by atoms with E-state index in [1.807, 2.05) is 24.5 Å². The molecule has 0 atom stereocenters. The van der Waals surface area contributed by atoms with Gasteiger partial charge in [-0.3, -0.25) is 5.10 Å². The van der Waals surface area contributed by atoms with E-state index in [1.54, 1.807) is 6.20 Å². The summed E-state index contributed by atoms with van der Waals surface area (Å²) in [6, 6.07) is 0. The average molecular weight is 271 g/mol. The number of thiophene rings is 1. The highest BCUT2D eigenvalue weighted by molar-refractivity contribution is 7.19. The van der Waals surface area contributed by atoms with Crippen LogP contribution in [-0.2, 0) is 12.8 Å². The zero-order valence-electron chi connectivity index (χ0n) is 10.5. The first-order valence-corrected chi connectivity index (χ1v) is 7.17. The summed E-state index contributed by atoms with van der Waals surface area (Å²) in [5.41, 5.74) is 2.36. The summed E-state index contributed by atoms with van der Waals surface area (Å²) in [6.45, 7) is 1.94. The van der Waals surface area contributed by atoms with Gasteiger partial charge in [-0.1, -0.05) is 0 Å². The lowest BCUT2D eigenvalue weighted by atomic mass is 10.2. The molecule has 0 aliphatic heterocycles. The normalized spacial score (nSPS) is 13.9. The van der Waals surface area contributed by atoms with E-state index in [0.29, 0.717) is 0 Å². The molecule has 0 bridgehead atoms. The Morgan fingerprint density at radius 1 is 1.32 bits per heavy atom. The predicted molar refractivity (Wildman–Crippen MR) is 76.0 cm³/mol. The average Bonchev–Trinajstić information content (AvgIpc) is 3.03. The molecule has 6 heteroatoms. The number of hydrogen-bond donors (Lipinski definition) is 2. The van der Waals surface area contributed by atoms with Gasteiger partial charge >= 0.3 is 0 Å². The number of anilines is 2. The van der Waals surface area contributed by atoms with Crippen molar-refractivity contribution >= 4 is 33.1 Å². The Morgan fingerprint density at radius 2 is 2.26 bits per heavy atom. The van der Waals surface area contributed by atoms with Crippen LogP contribution in [0.3, 0.4) is 0 Å². The second-order valence-electron chi connectivity index (χ2n) is 4.77. The van der Waals surface area contributed by atoms with Crippen LogP contribution in [-0.4, -0.2) is 20.2 Å². The standard InChI is InChI=1S/C13H13N5S/c1-7-16-12(18-8-5-14-15-6-8)11-9-3-2-4-10(9)19-13(11)17-7/h5-6H,2-4H2,1H3,(H,14,15)(H,16,17,18). The fourth-order valence-corrected chi connectivity index (χ4v) is 3.96. The van der Waals surface area contributed by atoms with Gasteiger partial charge in [0.2, 0.25) is 0 Å². The lowest BCUT2D eigenvalue weighted by molar-refractivity contribution is 0.917. The topological polar surface area (TPSA) is 66.5 Å². The molecule has 0 unspecified atom stereocenters. The fraction of sp³-hybridized carbons (Fsp3) is 0.308. The smallest absolute Gasteiger partial charge is 0.143 e. The summed E-state index contributed by atoms with van der Waals surface area (Å²) in [5.74, 6) is 1.71. The number of hydrogen-bond acceptors (Lipinski definition) is 5. The molecule has 0 radical (unpaired) electrons. The van der Waals surface area contributed by atoms with Crippen molar-refractivity contribution in [2.45, 2.75) is 26.2 Å². The van der Waals surface area contributed by atoms with E-state index in [-0.39, 0.29) is 0 Å². The monoisotopic (exact) mass is 271 g/mol. The van der Waals surface area contributed by atoms with Crippen molar-refractivity contribution in [1.29, 1.82) is 0 Å². The summed E-state index contributed by atoms with van der Waals surface area (Å²) in [7, 11) is 0. The molecule has 5 nitrogen and oxygen atoms in total. The van der Waals surface area contributed by atoms with E-state index in [4.69, 9.17) is 0 Å². The van der Waals surface area contributed by atoms with Gasteiger partial charge in [-0.15, -0.1) is 11.3 Å². The zero-order valence-corrected chi connectivity index (χ0v) is 11.3. The van der Waals surface area contributed by atoms with Crippen LogP contribution in [0.25, 0.3) is 10.2 Å². The number of fused-ring (bicyclic) bond motifs is 3. The Kier molecular flexibility index (Phi) is 2.32. The first kappa shape index (κ1) is 10.9. The van der Waals surface area contributed by atoms with Crippen LogP contribution in [0.1, 0.15) is 22.7 Å². The molecule has 2 N–H and O–H groups in total. The number of nitrogens with one attached hydrogen (secondary N) is 2. The van der Waals surface area contributed by atoms with Gasteiger partial charge in [-0.25, -0.2) is 9.97 Å². The van der Waals surface area contributed by atoms with Crippen molar-refractivity contribution in [3.05, 3.63) is 28.7 Å². The van der Waals surface area contributed by atoms with E-state index in [1.165, 1.54) is 28.7 Å². The van der Waals surface area contributed by atoms with Crippen molar-refractivity contribution in [3.63, 3.8) is 0 Å². The maximum atomic E-state index is 4.57. The second kappa shape index (κ2) is 4.03. The van der Waals surface area contributed by atoms with Crippen LogP contribution in [0.2, 0.25) is 0 Å². The molecule has 0 spiro atoms. The van der Waals surface area contributed by atoms with Crippen LogP contribution in [0.4, 0.5) is 11.5 Å². The first-order chi connectivity index (χ1) is 9.31. The largest absolute Gasteiger partial charge is 0.337 e. The number of aryl methyl sites for hydroxylation is 3. The molecule has 19 heavy (non-hydrogen) atoms. The van der Waals surface area contributed by atoms with E-state index in [0.717, 1.165) is 28.6 Å². The van der Waals surface area contributed by atoms with Gasteiger partial charge in [-0.2, -0.15) is 5.10 Å². The van der Waals surface area contributed by atoms with Crippen LogP contribution < -0.4 is 5.32 Å². The van der Waals surface area contributed by atoms with Gasteiger partial charge in [-0.05, 0) is 31.7 Å². The highest BCUT2D eigenvalue weighted by atomic mass is 32.1. The van der Waals surface area contributed by atoms with Crippen LogP contribution in [0.5, 0.6) is 0 Å². The number of aromatic amines is 1. The molecule has 3 heterocycles. The fourth-order valence-electron chi connectivity index (χ4n) is 2.65.